The standard InChI is InChI=1S/C12H16N2O3.C5H11N/c1-14(2)11(15)10(13-12(16)17)8-9-6-4-3-5-7-9;1-2-4-6-5-3-1/h3-7,10,13H,8H2,1-2H3,(H,16,17);6H,1-5H2. The Morgan fingerprint density at radius 2 is 1.78 bits per heavy atom. The number of hydrogen-bond donors (Lipinski definition) is 3. The lowest BCUT2D eigenvalue weighted by Crippen LogP contribution is -2.47. The summed E-state index contributed by atoms with van der Waals surface area (Å²) in [5.74, 6) is -0.253. The lowest BCUT2D eigenvalue weighted by Gasteiger charge is -2.20. The van der Waals surface area contributed by atoms with Crippen LogP contribution in [0, 0.1) is 0 Å². The zero-order valence-corrected chi connectivity index (χ0v) is 13.9. The van der Waals surface area contributed by atoms with E-state index in [1.165, 1.54) is 37.3 Å². The molecule has 6 nitrogen and oxygen atoms in total. The molecule has 1 aliphatic heterocycles. The van der Waals surface area contributed by atoms with Gasteiger partial charge in [-0.25, -0.2) is 4.79 Å². The quantitative estimate of drug-likeness (QED) is 0.788. The van der Waals surface area contributed by atoms with Gasteiger partial charge in [0.25, 0.3) is 0 Å². The van der Waals surface area contributed by atoms with E-state index >= 15 is 0 Å². The molecule has 0 aromatic heterocycles. The maximum atomic E-state index is 11.8. The average Bonchev–Trinajstić information content (AvgIpc) is 2.56. The van der Waals surface area contributed by atoms with Crippen molar-refractivity contribution in [2.24, 2.45) is 0 Å². The van der Waals surface area contributed by atoms with E-state index in [9.17, 15) is 9.59 Å². The van der Waals surface area contributed by atoms with Crippen LogP contribution in [0.3, 0.4) is 0 Å². The van der Waals surface area contributed by atoms with Gasteiger partial charge in [0.2, 0.25) is 5.91 Å². The van der Waals surface area contributed by atoms with Gasteiger partial charge in [-0.15, -0.1) is 0 Å². The molecule has 1 saturated heterocycles. The molecule has 1 unspecified atom stereocenters. The zero-order valence-electron chi connectivity index (χ0n) is 13.9. The second-order valence-corrected chi connectivity index (χ2v) is 5.74. The lowest BCUT2D eigenvalue weighted by molar-refractivity contribution is -0.130. The number of benzene rings is 1. The molecule has 1 atom stereocenters. The number of hydrogen-bond acceptors (Lipinski definition) is 3. The van der Waals surface area contributed by atoms with Gasteiger partial charge >= 0.3 is 6.09 Å². The minimum atomic E-state index is -1.19. The van der Waals surface area contributed by atoms with E-state index in [4.69, 9.17) is 5.11 Å². The van der Waals surface area contributed by atoms with Crippen molar-refractivity contribution in [2.75, 3.05) is 27.2 Å². The number of nitrogens with zero attached hydrogens (tertiary/aromatic N) is 1. The molecule has 0 aliphatic carbocycles. The van der Waals surface area contributed by atoms with E-state index in [1.54, 1.807) is 14.1 Å². The topological polar surface area (TPSA) is 81.7 Å². The molecule has 2 amide bonds. The first-order chi connectivity index (χ1) is 11.0. The van der Waals surface area contributed by atoms with Crippen LogP contribution in [0.5, 0.6) is 0 Å². The number of carbonyl (C=O) groups is 2. The highest BCUT2D eigenvalue weighted by atomic mass is 16.4. The smallest absolute Gasteiger partial charge is 0.405 e. The lowest BCUT2D eigenvalue weighted by atomic mass is 10.1. The zero-order chi connectivity index (χ0) is 17.1. The second-order valence-electron chi connectivity index (χ2n) is 5.74. The van der Waals surface area contributed by atoms with Crippen LogP contribution < -0.4 is 10.6 Å². The molecular formula is C17H27N3O3. The van der Waals surface area contributed by atoms with E-state index in [0.29, 0.717) is 6.42 Å². The molecule has 1 fully saturated rings. The van der Waals surface area contributed by atoms with Crippen LogP contribution in [0.1, 0.15) is 24.8 Å². The van der Waals surface area contributed by atoms with Crippen molar-refractivity contribution in [1.29, 1.82) is 0 Å². The number of rotatable bonds is 4. The Morgan fingerprint density at radius 1 is 1.17 bits per heavy atom. The van der Waals surface area contributed by atoms with Gasteiger partial charge in [0.1, 0.15) is 6.04 Å². The predicted octanol–water partition coefficient (Wildman–Crippen LogP) is 1.71. The van der Waals surface area contributed by atoms with Gasteiger partial charge < -0.3 is 20.6 Å². The van der Waals surface area contributed by atoms with E-state index < -0.39 is 12.1 Å². The molecule has 3 N–H and O–H groups in total. The Bertz CT molecular complexity index is 462. The van der Waals surface area contributed by atoms with Gasteiger partial charge in [-0.05, 0) is 31.5 Å². The number of nitrogens with one attached hydrogen (secondary N) is 2. The molecule has 2 rings (SSSR count). The van der Waals surface area contributed by atoms with Crippen molar-refractivity contribution < 1.29 is 14.7 Å². The van der Waals surface area contributed by atoms with Crippen molar-refractivity contribution in [3.63, 3.8) is 0 Å². The first-order valence-electron chi connectivity index (χ1n) is 7.96. The van der Waals surface area contributed by atoms with Gasteiger partial charge in [0.05, 0.1) is 0 Å². The minimum absolute atomic E-state index is 0.253. The number of piperidine rings is 1. The summed E-state index contributed by atoms with van der Waals surface area (Å²) < 4.78 is 0. The fourth-order valence-corrected chi connectivity index (χ4v) is 2.31. The Morgan fingerprint density at radius 3 is 2.17 bits per heavy atom. The SMILES string of the molecule is C1CCNCC1.CN(C)C(=O)C(Cc1ccccc1)NC(=O)O. The second kappa shape index (κ2) is 10.6. The Kier molecular flexibility index (Phi) is 8.75. The summed E-state index contributed by atoms with van der Waals surface area (Å²) in [7, 11) is 3.20. The van der Waals surface area contributed by atoms with Gasteiger partial charge in [-0.1, -0.05) is 36.8 Å². The molecule has 1 aromatic rings. The van der Waals surface area contributed by atoms with Crippen molar-refractivity contribution in [3.05, 3.63) is 35.9 Å². The molecule has 0 bridgehead atoms. The largest absolute Gasteiger partial charge is 0.465 e. The summed E-state index contributed by atoms with van der Waals surface area (Å²) in [6, 6.07) is 8.56. The van der Waals surface area contributed by atoms with Crippen LogP contribution >= 0.6 is 0 Å². The highest BCUT2D eigenvalue weighted by Crippen LogP contribution is 2.05. The van der Waals surface area contributed by atoms with Crippen LogP contribution in [-0.2, 0) is 11.2 Å². The van der Waals surface area contributed by atoms with Crippen molar-refractivity contribution >= 4 is 12.0 Å². The summed E-state index contributed by atoms with van der Waals surface area (Å²) in [4.78, 5) is 23.8. The Labute approximate surface area is 137 Å². The highest BCUT2D eigenvalue weighted by Gasteiger charge is 2.22. The number of likely N-dealkylation sites (N-methyl/N-ethyl adjacent to an activating group) is 1. The number of carboxylic acid groups (broad SMARTS) is 1. The minimum Gasteiger partial charge on any atom is -0.465 e. The molecule has 1 aliphatic rings. The monoisotopic (exact) mass is 321 g/mol. The summed E-state index contributed by atoms with van der Waals surface area (Å²) in [5, 5.41) is 14.2. The maximum Gasteiger partial charge on any atom is 0.405 e. The van der Waals surface area contributed by atoms with E-state index in [-0.39, 0.29) is 5.91 Å². The van der Waals surface area contributed by atoms with Crippen LogP contribution in [0.4, 0.5) is 4.79 Å². The molecule has 1 aromatic carbocycles. The number of carbonyl (C=O) groups excluding carboxylic acids is 1. The van der Waals surface area contributed by atoms with Crippen molar-refractivity contribution in [3.8, 4) is 0 Å². The van der Waals surface area contributed by atoms with Gasteiger partial charge in [0, 0.05) is 20.5 Å². The molecule has 1 heterocycles. The summed E-state index contributed by atoms with van der Waals surface area (Å²) in [6.07, 6.45) is 3.37. The fourth-order valence-electron chi connectivity index (χ4n) is 2.31. The Balaban J connectivity index is 0.000000366. The third-order valence-corrected chi connectivity index (χ3v) is 3.53. The van der Waals surface area contributed by atoms with E-state index in [1.807, 2.05) is 30.3 Å². The third-order valence-electron chi connectivity index (χ3n) is 3.53. The summed E-state index contributed by atoms with van der Waals surface area (Å²) in [5.41, 5.74) is 0.918. The molecule has 6 heteroatoms. The summed E-state index contributed by atoms with van der Waals surface area (Å²) in [6.45, 7) is 2.50. The maximum absolute atomic E-state index is 11.8. The van der Waals surface area contributed by atoms with Crippen LogP contribution in [0.15, 0.2) is 30.3 Å². The normalized spacial score (nSPS) is 14.9. The molecular weight excluding hydrogens is 294 g/mol. The third kappa shape index (κ3) is 8.21. The molecule has 0 spiro atoms. The molecule has 128 valence electrons. The van der Waals surface area contributed by atoms with Crippen molar-refractivity contribution in [1.82, 2.24) is 15.5 Å². The molecule has 0 radical (unpaired) electrons. The van der Waals surface area contributed by atoms with Crippen LogP contribution in [0.2, 0.25) is 0 Å². The summed E-state index contributed by atoms with van der Waals surface area (Å²) >= 11 is 0. The average molecular weight is 321 g/mol. The fraction of sp³-hybridized carbons (Fsp3) is 0.529. The Hall–Kier alpha value is -2.08. The van der Waals surface area contributed by atoms with E-state index in [2.05, 4.69) is 10.6 Å². The first-order valence-corrected chi connectivity index (χ1v) is 7.96. The highest BCUT2D eigenvalue weighted by molar-refractivity contribution is 5.85. The number of amides is 2. The van der Waals surface area contributed by atoms with Crippen LogP contribution in [0.25, 0.3) is 0 Å². The van der Waals surface area contributed by atoms with Gasteiger partial charge in [0.15, 0.2) is 0 Å². The van der Waals surface area contributed by atoms with Gasteiger partial charge in [-0.2, -0.15) is 0 Å². The molecule has 0 saturated carbocycles. The van der Waals surface area contributed by atoms with Crippen molar-refractivity contribution in [2.45, 2.75) is 31.7 Å². The van der Waals surface area contributed by atoms with Crippen LogP contribution in [-0.4, -0.2) is 55.2 Å². The van der Waals surface area contributed by atoms with E-state index in [0.717, 1.165) is 5.56 Å². The molecule has 23 heavy (non-hydrogen) atoms. The predicted molar refractivity (Wildman–Crippen MR) is 90.5 cm³/mol. The van der Waals surface area contributed by atoms with Gasteiger partial charge in [-0.3, -0.25) is 4.79 Å². The first kappa shape index (κ1) is 19.0.